The molecule has 12 nitrogen and oxygen atoms in total. The molecule has 530 valence electrons. The summed E-state index contributed by atoms with van der Waals surface area (Å²) in [6.45, 7) is 0. The summed E-state index contributed by atoms with van der Waals surface area (Å²) in [5, 5.41) is 12.8. The van der Waals surface area contributed by atoms with Gasteiger partial charge in [0, 0.05) is 104 Å². The molecular formula is C102H58N8O4. The standard InChI is InChI=1S/C102H58N8O4/c1-3-16-61(17-4-1)97-103-99(106-101(104-97)69-38-47-76-74-22-9-13-28-89(74)111-95(76)58-69)67-41-50-91-83(54-67)77-45-36-66(57-93(77)112-91)64-40-49-88-82(53-64)73-21-8-12-27-86(73)110(88)71-43-34-60(35-44-71)59-30-32-62(33-31-59)98-105-100(108-102(107-98)80-25-15-24-79-75-23-10-14-29-90(75)114-96(79)80)68-42-51-92-84(55-68)78-46-37-65(56-94(78)113-92)63-39-48-87-81(52-63)72-20-7-11-26-85(72)109(87)70-18-5-2-6-19-70/h1-58H. The Morgan fingerprint density at radius 1 is 0.167 bits per heavy atom. The lowest BCUT2D eigenvalue weighted by molar-refractivity contribution is 0.668. The molecule has 0 aliphatic carbocycles. The Kier molecular flexibility index (Phi) is 13.8. The maximum atomic E-state index is 6.69. The smallest absolute Gasteiger partial charge is 0.167 e. The highest BCUT2D eigenvalue weighted by Crippen LogP contribution is 2.44. The first-order chi connectivity index (χ1) is 56.4. The quantitative estimate of drug-likeness (QED) is 0.123. The molecule has 0 unspecified atom stereocenters. The molecule has 24 rings (SSSR count). The molecule has 12 heteroatoms. The summed E-state index contributed by atoms with van der Waals surface area (Å²) in [6, 6.07) is 123. The highest BCUT2D eigenvalue weighted by atomic mass is 16.3. The van der Waals surface area contributed by atoms with Gasteiger partial charge in [-0.1, -0.05) is 200 Å². The van der Waals surface area contributed by atoms with Crippen molar-refractivity contribution in [1.29, 1.82) is 0 Å². The molecule has 0 aliphatic heterocycles. The van der Waals surface area contributed by atoms with Crippen molar-refractivity contribution in [3.63, 3.8) is 0 Å². The van der Waals surface area contributed by atoms with E-state index < -0.39 is 0 Å². The summed E-state index contributed by atoms with van der Waals surface area (Å²) < 4.78 is 31.0. The molecule has 8 aromatic heterocycles. The minimum atomic E-state index is 0.507. The summed E-state index contributed by atoms with van der Waals surface area (Å²) in [7, 11) is 0. The number of hydrogen-bond donors (Lipinski definition) is 0. The summed E-state index contributed by atoms with van der Waals surface area (Å²) >= 11 is 0. The number of nitrogens with zero attached hydrogens (tertiary/aromatic N) is 8. The average molecular weight is 1460 g/mol. The normalized spacial score (nSPS) is 12.0. The monoisotopic (exact) mass is 1460 g/mol. The Balaban J connectivity index is 0.535. The van der Waals surface area contributed by atoms with Crippen molar-refractivity contribution >= 4 is 131 Å². The van der Waals surface area contributed by atoms with Crippen molar-refractivity contribution in [1.82, 2.24) is 39.0 Å². The largest absolute Gasteiger partial charge is 0.456 e. The Hall–Kier alpha value is -15.7. The van der Waals surface area contributed by atoms with Gasteiger partial charge in [-0.3, -0.25) is 0 Å². The SMILES string of the molecule is c1ccc(-c2nc(-c3ccc4c(c3)oc3ccccc34)nc(-c3ccc4oc5cc(-c6ccc7c(c6)c6ccccc6n7-c6ccc(-c7ccc(-c8nc(-c9ccc%10oc%11cc(-c%12ccc%13c(c%12)c%12ccccc%12n%13-c%12ccccc%12)ccc%11c%10c9)nc(-c9cccc%10c9oc9ccccc9%10)n8)cc7)cc6)ccc5c4c3)n2)cc1. The highest BCUT2D eigenvalue weighted by Gasteiger charge is 2.24. The molecule has 0 radical (unpaired) electrons. The third-order valence-corrected chi connectivity index (χ3v) is 22.7. The Morgan fingerprint density at radius 2 is 0.491 bits per heavy atom. The molecule has 0 bridgehead atoms. The van der Waals surface area contributed by atoms with Crippen LogP contribution in [0.2, 0.25) is 0 Å². The third-order valence-electron chi connectivity index (χ3n) is 22.7. The molecule has 0 aliphatic rings. The van der Waals surface area contributed by atoms with Gasteiger partial charge >= 0.3 is 0 Å². The van der Waals surface area contributed by atoms with Crippen molar-refractivity contribution in [2.24, 2.45) is 0 Å². The molecule has 24 aromatic rings. The van der Waals surface area contributed by atoms with Gasteiger partial charge in [0.05, 0.1) is 27.6 Å². The zero-order chi connectivity index (χ0) is 74.6. The van der Waals surface area contributed by atoms with E-state index in [0.717, 1.165) is 193 Å². The maximum Gasteiger partial charge on any atom is 0.167 e. The van der Waals surface area contributed by atoms with E-state index in [1.807, 2.05) is 109 Å². The van der Waals surface area contributed by atoms with Crippen LogP contribution >= 0.6 is 0 Å². The Labute approximate surface area is 649 Å². The summed E-state index contributed by atoms with van der Waals surface area (Å²) in [6.07, 6.45) is 0. The number of fused-ring (bicyclic) bond motifs is 18. The van der Waals surface area contributed by atoms with E-state index in [2.05, 4.69) is 252 Å². The zero-order valence-electron chi connectivity index (χ0n) is 60.7. The molecule has 0 atom stereocenters. The molecule has 0 saturated carbocycles. The van der Waals surface area contributed by atoms with E-state index in [0.29, 0.717) is 34.9 Å². The molecule has 0 spiro atoms. The fourth-order valence-corrected chi connectivity index (χ4v) is 17.1. The van der Waals surface area contributed by atoms with Crippen molar-refractivity contribution in [3.05, 3.63) is 352 Å². The van der Waals surface area contributed by atoms with E-state index in [1.54, 1.807) is 0 Å². The van der Waals surface area contributed by atoms with Gasteiger partial charge in [0.25, 0.3) is 0 Å². The van der Waals surface area contributed by atoms with Gasteiger partial charge in [-0.2, -0.15) is 0 Å². The number of hydrogen-bond acceptors (Lipinski definition) is 10. The Morgan fingerprint density at radius 3 is 1.04 bits per heavy atom. The summed E-state index contributed by atoms with van der Waals surface area (Å²) in [5.74, 6) is 3.27. The molecule has 8 heterocycles. The average Bonchev–Trinajstić information content (AvgIpc) is 1.59. The van der Waals surface area contributed by atoms with Gasteiger partial charge in [0.1, 0.15) is 44.7 Å². The second-order valence-corrected chi connectivity index (χ2v) is 29.2. The topological polar surface area (TPSA) is 140 Å². The molecule has 0 saturated heterocycles. The van der Waals surface area contributed by atoms with Crippen LogP contribution in [0.25, 0.3) is 244 Å². The van der Waals surface area contributed by atoms with E-state index in [4.69, 9.17) is 47.6 Å². The van der Waals surface area contributed by atoms with Crippen LogP contribution in [-0.2, 0) is 0 Å². The van der Waals surface area contributed by atoms with Gasteiger partial charge in [-0.15, -0.1) is 0 Å². The minimum Gasteiger partial charge on any atom is -0.456 e. The van der Waals surface area contributed by atoms with Gasteiger partial charge in [0.2, 0.25) is 0 Å². The van der Waals surface area contributed by atoms with Crippen LogP contribution in [0, 0.1) is 0 Å². The number of para-hydroxylation sites is 6. The first kappa shape index (κ1) is 63.3. The highest BCUT2D eigenvalue weighted by molar-refractivity contribution is 6.15. The Bertz CT molecular complexity index is 8110. The van der Waals surface area contributed by atoms with Crippen molar-refractivity contribution < 1.29 is 17.7 Å². The lowest BCUT2D eigenvalue weighted by Gasteiger charge is -2.11. The predicted octanol–water partition coefficient (Wildman–Crippen LogP) is 26.9. The van der Waals surface area contributed by atoms with Crippen molar-refractivity contribution in [2.45, 2.75) is 0 Å². The summed E-state index contributed by atoms with van der Waals surface area (Å²) in [5.41, 5.74) is 24.5. The second kappa shape index (κ2) is 24.9. The molecule has 16 aromatic carbocycles. The van der Waals surface area contributed by atoms with E-state index in [1.165, 1.54) is 16.3 Å². The molecule has 114 heavy (non-hydrogen) atoms. The number of furan rings is 4. The van der Waals surface area contributed by atoms with Crippen LogP contribution in [0.3, 0.4) is 0 Å². The van der Waals surface area contributed by atoms with Crippen LogP contribution in [0.4, 0.5) is 0 Å². The molecular weight excluding hydrogens is 1400 g/mol. The summed E-state index contributed by atoms with van der Waals surface area (Å²) in [4.78, 5) is 31.1. The minimum absolute atomic E-state index is 0.507. The van der Waals surface area contributed by atoms with E-state index in [9.17, 15) is 0 Å². The van der Waals surface area contributed by atoms with Crippen LogP contribution in [0.1, 0.15) is 0 Å². The van der Waals surface area contributed by atoms with Gasteiger partial charge < -0.3 is 26.8 Å². The van der Waals surface area contributed by atoms with Gasteiger partial charge in [-0.05, 0) is 185 Å². The lowest BCUT2D eigenvalue weighted by atomic mass is 10.0. The molecule has 0 N–H and O–H groups in total. The number of benzene rings is 16. The fourth-order valence-electron chi connectivity index (χ4n) is 17.1. The predicted molar refractivity (Wildman–Crippen MR) is 460 cm³/mol. The fraction of sp³-hybridized carbons (Fsp3) is 0. The van der Waals surface area contributed by atoms with Crippen LogP contribution in [0.5, 0.6) is 0 Å². The van der Waals surface area contributed by atoms with Crippen molar-refractivity contribution in [3.8, 4) is 113 Å². The van der Waals surface area contributed by atoms with E-state index >= 15 is 0 Å². The second-order valence-electron chi connectivity index (χ2n) is 29.2. The molecule has 0 amide bonds. The lowest BCUT2D eigenvalue weighted by Crippen LogP contribution is -2.00. The number of rotatable bonds is 11. The van der Waals surface area contributed by atoms with E-state index in [-0.39, 0.29) is 0 Å². The maximum absolute atomic E-state index is 6.69. The van der Waals surface area contributed by atoms with Gasteiger partial charge in [-0.25, -0.2) is 29.9 Å². The van der Waals surface area contributed by atoms with Gasteiger partial charge in [0.15, 0.2) is 34.9 Å². The zero-order valence-corrected chi connectivity index (χ0v) is 60.7. The van der Waals surface area contributed by atoms with Crippen LogP contribution < -0.4 is 0 Å². The third kappa shape index (κ3) is 10.2. The first-order valence-corrected chi connectivity index (χ1v) is 38.1. The number of aromatic nitrogens is 8. The van der Waals surface area contributed by atoms with Crippen LogP contribution in [0.15, 0.2) is 370 Å². The van der Waals surface area contributed by atoms with Crippen molar-refractivity contribution in [2.75, 3.05) is 0 Å². The van der Waals surface area contributed by atoms with Crippen LogP contribution in [-0.4, -0.2) is 39.0 Å². The molecule has 0 fully saturated rings. The first-order valence-electron chi connectivity index (χ1n) is 38.1.